The van der Waals surface area contributed by atoms with Crippen molar-refractivity contribution in [3.05, 3.63) is 62.0 Å². The predicted octanol–water partition coefficient (Wildman–Crippen LogP) is 3.80. The molecule has 8 nitrogen and oxygen atoms in total. The number of aromatic nitrogens is 1. The normalized spacial score (nSPS) is 13.8. The van der Waals surface area contributed by atoms with Crippen molar-refractivity contribution in [2.24, 2.45) is 0 Å². The summed E-state index contributed by atoms with van der Waals surface area (Å²) in [6.45, 7) is 9.19. The topological polar surface area (TPSA) is 81.1 Å². The third-order valence-electron chi connectivity index (χ3n) is 4.72. The number of amides is 2. The number of hydrogen-bond acceptors (Lipinski definition) is 5. The highest BCUT2D eigenvalue weighted by molar-refractivity contribution is 9.10. The van der Waals surface area contributed by atoms with Crippen LogP contribution in [-0.4, -0.2) is 40.4 Å². The van der Waals surface area contributed by atoms with Crippen LogP contribution in [0.15, 0.2) is 39.6 Å². The second-order valence-electron chi connectivity index (χ2n) is 8.17. The second kappa shape index (κ2) is 8.74. The van der Waals surface area contributed by atoms with Crippen molar-refractivity contribution in [1.82, 2.24) is 9.58 Å². The molecule has 0 unspecified atom stereocenters. The molecule has 0 saturated heterocycles. The Morgan fingerprint density at radius 1 is 1.16 bits per heavy atom. The Labute approximate surface area is 189 Å². The van der Waals surface area contributed by atoms with E-state index in [1.165, 1.54) is 14.6 Å². The van der Waals surface area contributed by atoms with E-state index >= 15 is 0 Å². The lowest BCUT2D eigenvalue weighted by Crippen LogP contribution is -2.58. The van der Waals surface area contributed by atoms with Gasteiger partial charge in [-0.2, -0.15) is 5.01 Å². The number of nitrogens with zero attached hydrogens (tertiary/aromatic N) is 3. The van der Waals surface area contributed by atoms with E-state index in [9.17, 15) is 14.4 Å². The molecule has 0 radical (unpaired) electrons. The van der Waals surface area contributed by atoms with Crippen molar-refractivity contribution in [2.45, 2.75) is 46.8 Å². The van der Waals surface area contributed by atoms with Gasteiger partial charge in [-0.25, -0.2) is 9.47 Å². The van der Waals surface area contributed by atoms with Crippen molar-refractivity contribution in [3.63, 3.8) is 0 Å². The van der Waals surface area contributed by atoms with Crippen LogP contribution in [-0.2, 0) is 11.3 Å². The van der Waals surface area contributed by atoms with Gasteiger partial charge in [0.2, 0.25) is 5.43 Å². The first-order chi connectivity index (χ1) is 14.5. The van der Waals surface area contributed by atoms with Gasteiger partial charge in [0.25, 0.3) is 5.91 Å². The van der Waals surface area contributed by atoms with Crippen LogP contribution in [0, 0.1) is 6.92 Å². The molecular weight excluding hydrogens is 466 g/mol. The quantitative estimate of drug-likeness (QED) is 0.649. The molecule has 0 bridgehead atoms. The summed E-state index contributed by atoms with van der Waals surface area (Å²) in [7, 11) is 0. The van der Waals surface area contributed by atoms with E-state index in [-0.39, 0.29) is 29.2 Å². The second-order valence-corrected chi connectivity index (χ2v) is 8.97. The van der Waals surface area contributed by atoms with Crippen LogP contribution < -0.4 is 15.2 Å². The third-order valence-corrected chi connectivity index (χ3v) is 5.65. The molecule has 0 aliphatic carbocycles. The van der Waals surface area contributed by atoms with Gasteiger partial charge in [0, 0.05) is 6.54 Å². The predicted molar refractivity (Wildman–Crippen MR) is 120 cm³/mol. The molecule has 0 N–H and O–H groups in total. The lowest BCUT2D eigenvalue weighted by Gasteiger charge is -2.39. The van der Waals surface area contributed by atoms with E-state index in [1.54, 1.807) is 34.6 Å². The first kappa shape index (κ1) is 22.9. The number of rotatable bonds is 4. The molecule has 2 heterocycles. The number of fused-ring (bicyclic) bond motifs is 1. The zero-order valence-corrected chi connectivity index (χ0v) is 19.9. The molecule has 0 spiro atoms. The average molecular weight is 492 g/mol. The van der Waals surface area contributed by atoms with Gasteiger partial charge in [-0.05, 0) is 56.1 Å². The van der Waals surface area contributed by atoms with Crippen LogP contribution >= 0.6 is 15.9 Å². The zero-order valence-electron chi connectivity index (χ0n) is 18.3. The van der Waals surface area contributed by atoms with Crippen LogP contribution in [0.5, 0.6) is 5.75 Å². The summed E-state index contributed by atoms with van der Waals surface area (Å²) in [5.74, 6) is -0.504. The highest BCUT2D eigenvalue weighted by Gasteiger charge is 2.39. The average Bonchev–Trinajstić information content (AvgIpc) is 2.71. The van der Waals surface area contributed by atoms with Crippen molar-refractivity contribution in [3.8, 4) is 5.75 Å². The molecule has 1 aromatic carbocycles. The van der Waals surface area contributed by atoms with E-state index in [0.717, 1.165) is 5.56 Å². The molecule has 3 rings (SSSR count). The van der Waals surface area contributed by atoms with E-state index in [1.807, 2.05) is 30.3 Å². The van der Waals surface area contributed by atoms with Crippen molar-refractivity contribution in [1.29, 1.82) is 0 Å². The molecule has 0 saturated carbocycles. The molecule has 9 heteroatoms. The Balaban J connectivity index is 2.15. The third kappa shape index (κ3) is 4.61. The molecule has 31 heavy (non-hydrogen) atoms. The van der Waals surface area contributed by atoms with Gasteiger partial charge in [-0.3, -0.25) is 9.59 Å². The number of carbonyl (C=O) groups is 2. The summed E-state index contributed by atoms with van der Waals surface area (Å²) in [5, 5.41) is 1.31. The minimum atomic E-state index is -0.730. The summed E-state index contributed by atoms with van der Waals surface area (Å²) in [5.41, 5.74) is 0.0710. The number of benzene rings is 1. The minimum absolute atomic E-state index is 0.000547. The maximum absolute atomic E-state index is 13.2. The maximum atomic E-state index is 13.2. The Kier molecular flexibility index (Phi) is 6.45. The molecule has 166 valence electrons. The molecule has 1 aliphatic heterocycles. The van der Waals surface area contributed by atoms with Gasteiger partial charge in [-0.1, -0.05) is 30.3 Å². The number of hydrogen-bond donors (Lipinski definition) is 0. The molecule has 2 amide bonds. The van der Waals surface area contributed by atoms with Gasteiger partial charge in [0.15, 0.2) is 11.4 Å². The van der Waals surface area contributed by atoms with Gasteiger partial charge in [0.1, 0.15) is 18.9 Å². The highest BCUT2D eigenvalue weighted by atomic mass is 79.9. The van der Waals surface area contributed by atoms with Crippen LogP contribution in [0.2, 0.25) is 0 Å². The molecular formula is C22H26BrN3O5. The molecule has 2 aromatic rings. The molecule has 1 aromatic heterocycles. The summed E-state index contributed by atoms with van der Waals surface area (Å²) in [6, 6.07) is 9.32. The fraction of sp³-hybridized carbons (Fsp3) is 0.409. The highest BCUT2D eigenvalue weighted by Crippen LogP contribution is 2.28. The Bertz CT molecular complexity index is 1060. The Hall–Kier alpha value is -2.81. The summed E-state index contributed by atoms with van der Waals surface area (Å²) in [4.78, 5) is 40.7. The lowest BCUT2D eigenvalue weighted by molar-refractivity contribution is 0.0452. The first-order valence-electron chi connectivity index (χ1n) is 9.97. The zero-order chi connectivity index (χ0) is 22.9. The van der Waals surface area contributed by atoms with E-state index in [2.05, 4.69) is 15.9 Å². The Morgan fingerprint density at radius 3 is 2.39 bits per heavy atom. The summed E-state index contributed by atoms with van der Waals surface area (Å²) in [6.07, 6.45) is -0.632. The van der Waals surface area contributed by atoms with Gasteiger partial charge >= 0.3 is 6.09 Å². The molecule has 0 fully saturated rings. The SMILES string of the molecule is CCN1CN(C(=O)OC(C)(C)C)n2c(C)c(Br)c(=O)c(OCc3ccccc3)c2C1=O. The van der Waals surface area contributed by atoms with Crippen LogP contribution in [0.3, 0.4) is 0 Å². The van der Waals surface area contributed by atoms with E-state index < -0.39 is 23.0 Å². The lowest BCUT2D eigenvalue weighted by atomic mass is 10.2. The van der Waals surface area contributed by atoms with Crippen LogP contribution in [0.1, 0.15) is 49.4 Å². The fourth-order valence-corrected chi connectivity index (χ4v) is 3.57. The fourth-order valence-electron chi connectivity index (χ4n) is 3.22. The summed E-state index contributed by atoms with van der Waals surface area (Å²) < 4.78 is 13.0. The summed E-state index contributed by atoms with van der Waals surface area (Å²) >= 11 is 3.31. The molecule has 0 atom stereocenters. The first-order valence-corrected chi connectivity index (χ1v) is 10.8. The van der Waals surface area contributed by atoms with Gasteiger partial charge in [-0.15, -0.1) is 0 Å². The Morgan fingerprint density at radius 2 is 1.81 bits per heavy atom. The van der Waals surface area contributed by atoms with Gasteiger partial charge < -0.3 is 14.4 Å². The smallest absolute Gasteiger partial charge is 0.431 e. The van der Waals surface area contributed by atoms with Crippen molar-refractivity contribution in [2.75, 3.05) is 18.2 Å². The van der Waals surface area contributed by atoms with Crippen molar-refractivity contribution >= 4 is 27.9 Å². The van der Waals surface area contributed by atoms with E-state index in [4.69, 9.17) is 9.47 Å². The van der Waals surface area contributed by atoms with Crippen molar-refractivity contribution < 1.29 is 19.1 Å². The monoisotopic (exact) mass is 491 g/mol. The number of carbonyl (C=O) groups excluding carboxylic acids is 2. The largest absolute Gasteiger partial charge is 0.482 e. The minimum Gasteiger partial charge on any atom is -0.482 e. The van der Waals surface area contributed by atoms with Crippen LogP contribution in [0.25, 0.3) is 0 Å². The van der Waals surface area contributed by atoms with E-state index in [0.29, 0.717) is 12.2 Å². The van der Waals surface area contributed by atoms with Gasteiger partial charge in [0.05, 0.1) is 10.2 Å². The number of ether oxygens (including phenoxy) is 2. The number of pyridine rings is 1. The standard InChI is InChI=1S/C22H26BrN3O5/c1-6-24-13-25(21(29)31-22(3,4)5)26-14(2)16(23)18(27)19(17(26)20(24)28)30-12-15-10-8-7-9-11-15/h7-11H,6,12-13H2,1-5H3. The van der Waals surface area contributed by atoms with Crippen LogP contribution in [0.4, 0.5) is 4.79 Å². The number of halogens is 1. The molecule has 1 aliphatic rings. The maximum Gasteiger partial charge on any atom is 0.431 e.